The van der Waals surface area contributed by atoms with Crippen LogP contribution in [0, 0.1) is 0 Å². The molecule has 20 heavy (non-hydrogen) atoms. The van der Waals surface area contributed by atoms with Gasteiger partial charge in [-0.1, -0.05) is 12.1 Å². The van der Waals surface area contributed by atoms with Crippen LogP contribution in [0.1, 0.15) is 15.9 Å². The molecule has 0 amide bonds. The van der Waals surface area contributed by atoms with Gasteiger partial charge in [-0.3, -0.25) is 4.79 Å². The van der Waals surface area contributed by atoms with E-state index in [-0.39, 0.29) is 5.78 Å². The average molecular weight is 270 g/mol. The number of rotatable bonds is 3. The number of hydrogen-bond donors (Lipinski definition) is 0. The number of methoxy groups -OCH3 is 3. The largest absolute Gasteiger partial charge is 0.496 e. The lowest BCUT2D eigenvalue weighted by Gasteiger charge is -2.21. The molecular weight excluding hydrogens is 256 g/mol. The predicted octanol–water partition coefficient (Wildman–Crippen LogP) is 3.04. The first-order valence-electron chi connectivity index (χ1n) is 6.19. The van der Waals surface area contributed by atoms with Crippen LogP contribution in [0.5, 0.6) is 11.5 Å². The third-order valence-electron chi connectivity index (χ3n) is 3.52. The number of carbonyl (C=O) groups excluding carboxylic acids is 1. The van der Waals surface area contributed by atoms with Crippen molar-refractivity contribution in [3.63, 3.8) is 0 Å². The molecule has 0 unspecified atom stereocenters. The van der Waals surface area contributed by atoms with E-state index in [4.69, 9.17) is 14.2 Å². The third kappa shape index (κ3) is 1.58. The minimum atomic E-state index is -0.120. The summed E-state index contributed by atoms with van der Waals surface area (Å²) in [5.41, 5.74) is 1.35. The van der Waals surface area contributed by atoms with Crippen LogP contribution < -0.4 is 9.47 Å². The Kier molecular flexibility index (Phi) is 2.86. The number of allylic oxidation sites excluding steroid dienone is 1. The minimum Gasteiger partial charge on any atom is -0.496 e. The summed E-state index contributed by atoms with van der Waals surface area (Å²) in [6.45, 7) is 0. The maximum Gasteiger partial charge on any atom is 0.193 e. The SMILES string of the molecule is COC1=CC(=O)c2c(OC)ccc3ccc(OC)c1c23. The van der Waals surface area contributed by atoms with Gasteiger partial charge >= 0.3 is 0 Å². The molecule has 0 atom stereocenters. The second-order valence-corrected chi connectivity index (χ2v) is 4.46. The quantitative estimate of drug-likeness (QED) is 0.860. The molecule has 0 heterocycles. The van der Waals surface area contributed by atoms with E-state index in [0.29, 0.717) is 22.8 Å². The van der Waals surface area contributed by atoms with E-state index in [0.717, 1.165) is 16.3 Å². The van der Waals surface area contributed by atoms with Crippen LogP contribution in [0.15, 0.2) is 30.3 Å². The second kappa shape index (κ2) is 4.56. The van der Waals surface area contributed by atoms with Crippen LogP contribution in [0.25, 0.3) is 16.5 Å². The highest BCUT2D eigenvalue weighted by Gasteiger charge is 2.27. The van der Waals surface area contributed by atoms with E-state index in [9.17, 15) is 4.79 Å². The fraction of sp³-hybridized carbons (Fsp3) is 0.188. The van der Waals surface area contributed by atoms with Crippen molar-refractivity contribution in [3.8, 4) is 11.5 Å². The van der Waals surface area contributed by atoms with Crippen LogP contribution in [-0.4, -0.2) is 27.1 Å². The van der Waals surface area contributed by atoms with Gasteiger partial charge in [-0.2, -0.15) is 0 Å². The number of carbonyl (C=O) groups is 1. The summed E-state index contributed by atoms with van der Waals surface area (Å²) in [5, 5.41) is 1.76. The molecule has 3 rings (SSSR count). The molecule has 0 aliphatic heterocycles. The fourth-order valence-corrected chi connectivity index (χ4v) is 2.63. The van der Waals surface area contributed by atoms with Crippen LogP contribution in [-0.2, 0) is 4.74 Å². The monoisotopic (exact) mass is 270 g/mol. The molecule has 2 aromatic rings. The molecular formula is C16H14O4. The normalized spacial score (nSPS) is 13.2. The van der Waals surface area contributed by atoms with Gasteiger partial charge in [0.25, 0.3) is 0 Å². The highest BCUT2D eigenvalue weighted by atomic mass is 16.5. The first-order valence-corrected chi connectivity index (χ1v) is 6.19. The fourth-order valence-electron chi connectivity index (χ4n) is 2.63. The first kappa shape index (κ1) is 12.5. The van der Waals surface area contributed by atoms with Crippen LogP contribution in [0.3, 0.4) is 0 Å². The Balaban J connectivity index is 2.50. The van der Waals surface area contributed by atoms with Gasteiger partial charge < -0.3 is 14.2 Å². The minimum absolute atomic E-state index is 0.120. The zero-order valence-corrected chi connectivity index (χ0v) is 11.5. The standard InChI is InChI=1S/C16H14O4/c1-18-11-6-4-9-5-7-12(19-2)16-13(20-3)8-10(17)15(11)14(9)16/h4-8H,1-3H3. The van der Waals surface area contributed by atoms with Gasteiger partial charge in [-0.25, -0.2) is 0 Å². The van der Waals surface area contributed by atoms with Crippen LogP contribution in [0.2, 0.25) is 0 Å². The molecule has 0 saturated heterocycles. The van der Waals surface area contributed by atoms with E-state index in [1.807, 2.05) is 18.2 Å². The summed E-state index contributed by atoms with van der Waals surface area (Å²) in [4.78, 5) is 12.3. The van der Waals surface area contributed by atoms with Gasteiger partial charge in [0, 0.05) is 11.5 Å². The van der Waals surface area contributed by atoms with Crippen molar-refractivity contribution in [1.29, 1.82) is 0 Å². The van der Waals surface area contributed by atoms with Crippen molar-refractivity contribution in [2.24, 2.45) is 0 Å². The molecule has 0 fully saturated rings. The summed E-state index contributed by atoms with van der Waals surface area (Å²) in [6, 6.07) is 7.52. The predicted molar refractivity (Wildman–Crippen MR) is 76.4 cm³/mol. The molecule has 102 valence electrons. The first-order chi connectivity index (χ1) is 9.71. The molecule has 1 aliphatic rings. The van der Waals surface area contributed by atoms with Crippen molar-refractivity contribution in [2.75, 3.05) is 21.3 Å². The molecule has 0 spiro atoms. The van der Waals surface area contributed by atoms with Gasteiger partial charge in [-0.15, -0.1) is 0 Å². The van der Waals surface area contributed by atoms with Crippen molar-refractivity contribution >= 4 is 22.3 Å². The van der Waals surface area contributed by atoms with E-state index < -0.39 is 0 Å². The summed E-state index contributed by atoms with van der Waals surface area (Å²) >= 11 is 0. The van der Waals surface area contributed by atoms with Gasteiger partial charge in [-0.05, 0) is 17.5 Å². The van der Waals surface area contributed by atoms with E-state index in [1.165, 1.54) is 6.08 Å². The molecule has 1 aliphatic carbocycles. The Morgan fingerprint density at radius 2 is 1.40 bits per heavy atom. The summed E-state index contributed by atoms with van der Waals surface area (Å²) in [7, 11) is 4.70. The van der Waals surface area contributed by atoms with Crippen LogP contribution in [0.4, 0.5) is 0 Å². The Bertz CT molecular complexity index is 738. The summed E-state index contributed by atoms with van der Waals surface area (Å²) < 4.78 is 16.1. The van der Waals surface area contributed by atoms with Crippen molar-refractivity contribution in [2.45, 2.75) is 0 Å². The Morgan fingerprint density at radius 3 is 1.95 bits per heavy atom. The van der Waals surface area contributed by atoms with E-state index in [1.54, 1.807) is 27.4 Å². The molecule has 0 aromatic heterocycles. The summed E-state index contributed by atoms with van der Waals surface area (Å²) in [5.74, 6) is 1.62. The Morgan fingerprint density at radius 1 is 0.800 bits per heavy atom. The van der Waals surface area contributed by atoms with Gasteiger partial charge in [0.2, 0.25) is 0 Å². The number of hydrogen-bond acceptors (Lipinski definition) is 4. The number of ketones is 1. The maximum atomic E-state index is 12.3. The average Bonchev–Trinajstić information content (AvgIpc) is 2.49. The van der Waals surface area contributed by atoms with E-state index in [2.05, 4.69) is 0 Å². The zero-order chi connectivity index (χ0) is 14.3. The Labute approximate surface area is 116 Å². The smallest absolute Gasteiger partial charge is 0.193 e. The Hall–Kier alpha value is -2.49. The van der Waals surface area contributed by atoms with E-state index >= 15 is 0 Å². The van der Waals surface area contributed by atoms with Gasteiger partial charge in [0.1, 0.15) is 17.3 Å². The zero-order valence-electron chi connectivity index (χ0n) is 11.5. The molecule has 0 bridgehead atoms. The highest BCUT2D eigenvalue weighted by molar-refractivity contribution is 6.23. The van der Waals surface area contributed by atoms with Crippen LogP contribution >= 0.6 is 0 Å². The highest BCUT2D eigenvalue weighted by Crippen LogP contribution is 2.42. The summed E-state index contributed by atoms with van der Waals surface area (Å²) in [6.07, 6.45) is 1.47. The van der Waals surface area contributed by atoms with Gasteiger partial charge in [0.15, 0.2) is 5.78 Å². The van der Waals surface area contributed by atoms with Gasteiger partial charge in [0.05, 0.1) is 32.5 Å². The maximum absolute atomic E-state index is 12.3. The lowest BCUT2D eigenvalue weighted by molar-refractivity contribution is 0.104. The molecule has 0 saturated carbocycles. The number of benzene rings is 2. The third-order valence-corrected chi connectivity index (χ3v) is 3.52. The molecule has 4 nitrogen and oxygen atoms in total. The van der Waals surface area contributed by atoms with Crippen molar-refractivity contribution < 1.29 is 19.0 Å². The molecule has 0 N–H and O–H groups in total. The van der Waals surface area contributed by atoms with Crippen molar-refractivity contribution in [1.82, 2.24) is 0 Å². The van der Waals surface area contributed by atoms with Crippen molar-refractivity contribution in [3.05, 3.63) is 41.5 Å². The molecule has 4 heteroatoms. The lowest BCUT2D eigenvalue weighted by atomic mass is 9.89. The lowest BCUT2D eigenvalue weighted by Crippen LogP contribution is -2.09. The molecule has 2 aromatic carbocycles. The topological polar surface area (TPSA) is 44.8 Å². The number of ether oxygens (including phenoxy) is 3. The molecule has 0 radical (unpaired) electrons. The second-order valence-electron chi connectivity index (χ2n) is 4.46.